The van der Waals surface area contributed by atoms with Gasteiger partial charge in [0.25, 0.3) is 0 Å². The Kier molecular flexibility index (Phi) is 4.89. The number of aromatic hydroxyl groups is 1. The molecule has 0 radical (unpaired) electrons. The highest BCUT2D eigenvalue weighted by atomic mass is 16.6. The normalized spacial score (nSPS) is 11.3. The van der Waals surface area contributed by atoms with Gasteiger partial charge in [-0.25, -0.2) is 4.79 Å². The summed E-state index contributed by atoms with van der Waals surface area (Å²) >= 11 is 0. The van der Waals surface area contributed by atoms with Crippen molar-refractivity contribution in [3.63, 3.8) is 0 Å². The van der Waals surface area contributed by atoms with Crippen molar-refractivity contribution in [2.24, 2.45) is 5.41 Å². The molecular formula is C18H20O5. The third-order valence-electron chi connectivity index (χ3n) is 3.78. The van der Waals surface area contributed by atoms with E-state index in [1.165, 1.54) is 0 Å². The minimum atomic E-state index is -0.636. The van der Waals surface area contributed by atoms with Gasteiger partial charge in [0.05, 0.1) is 5.41 Å². The summed E-state index contributed by atoms with van der Waals surface area (Å²) in [6.07, 6.45) is 0.623. The Morgan fingerprint density at radius 1 is 1.09 bits per heavy atom. The van der Waals surface area contributed by atoms with Gasteiger partial charge < -0.3 is 14.6 Å². The molecule has 1 N–H and O–H groups in total. The summed E-state index contributed by atoms with van der Waals surface area (Å²) in [7, 11) is 0. The molecule has 0 aliphatic rings. The first-order valence-corrected chi connectivity index (χ1v) is 7.42. The zero-order valence-electron chi connectivity index (χ0n) is 13.5. The van der Waals surface area contributed by atoms with Crippen LogP contribution in [0.4, 0.5) is 0 Å². The molecule has 2 aromatic rings. The van der Waals surface area contributed by atoms with Crippen LogP contribution in [0.25, 0.3) is 10.8 Å². The molecule has 23 heavy (non-hydrogen) atoms. The molecule has 0 spiro atoms. The molecule has 122 valence electrons. The third-order valence-corrected chi connectivity index (χ3v) is 3.78. The van der Waals surface area contributed by atoms with E-state index in [4.69, 9.17) is 9.47 Å². The molecule has 2 rings (SSSR count). The van der Waals surface area contributed by atoms with Crippen molar-refractivity contribution in [3.8, 4) is 11.5 Å². The molecule has 0 amide bonds. The SMILES string of the molecule is CCC(C)(C)C(=O)OCC(=O)Oc1ccc2cc(O)ccc2c1. The highest BCUT2D eigenvalue weighted by Gasteiger charge is 2.27. The Morgan fingerprint density at radius 2 is 1.74 bits per heavy atom. The van der Waals surface area contributed by atoms with E-state index in [-0.39, 0.29) is 5.75 Å². The van der Waals surface area contributed by atoms with Gasteiger partial charge in [-0.1, -0.05) is 19.1 Å². The Hall–Kier alpha value is -2.56. The lowest BCUT2D eigenvalue weighted by molar-refractivity contribution is -0.161. The van der Waals surface area contributed by atoms with Crippen molar-refractivity contribution in [1.82, 2.24) is 0 Å². The van der Waals surface area contributed by atoms with Crippen molar-refractivity contribution in [3.05, 3.63) is 36.4 Å². The van der Waals surface area contributed by atoms with Crippen LogP contribution in [0.5, 0.6) is 11.5 Å². The largest absolute Gasteiger partial charge is 0.508 e. The van der Waals surface area contributed by atoms with E-state index in [1.54, 1.807) is 50.2 Å². The molecule has 0 unspecified atom stereocenters. The van der Waals surface area contributed by atoms with Gasteiger partial charge in [-0.05, 0) is 55.3 Å². The number of rotatable bonds is 5. The van der Waals surface area contributed by atoms with Gasteiger partial charge in [0.1, 0.15) is 11.5 Å². The maximum atomic E-state index is 11.8. The zero-order valence-corrected chi connectivity index (χ0v) is 13.5. The third kappa shape index (κ3) is 4.22. The van der Waals surface area contributed by atoms with Gasteiger partial charge in [0.15, 0.2) is 6.61 Å². The average molecular weight is 316 g/mol. The number of phenols is 1. The summed E-state index contributed by atoms with van der Waals surface area (Å²) < 4.78 is 10.2. The van der Waals surface area contributed by atoms with Crippen LogP contribution < -0.4 is 4.74 Å². The molecule has 0 bridgehead atoms. The first-order chi connectivity index (χ1) is 10.8. The number of ether oxygens (including phenoxy) is 2. The zero-order chi connectivity index (χ0) is 17.0. The van der Waals surface area contributed by atoms with E-state index in [0.717, 1.165) is 10.8 Å². The maximum absolute atomic E-state index is 11.8. The van der Waals surface area contributed by atoms with Gasteiger partial charge in [-0.2, -0.15) is 0 Å². The van der Waals surface area contributed by atoms with Crippen molar-refractivity contribution in [1.29, 1.82) is 0 Å². The lowest BCUT2D eigenvalue weighted by atomic mass is 9.91. The molecule has 5 heteroatoms. The second-order valence-electron chi connectivity index (χ2n) is 5.98. The topological polar surface area (TPSA) is 72.8 Å². The first kappa shape index (κ1) is 16.8. The molecule has 0 saturated heterocycles. The van der Waals surface area contributed by atoms with Crippen LogP contribution in [0.3, 0.4) is 0 Å². The summed E-state index contributed by atoms with van der Waals surface area (Å²) in [5, 5.41) is 11.1. The second kappa shape index (κ2) is 6.69. The number of carbonyl (C=O) groups excluding carboxylic acids is 2. The van der Waals surface area contributed by atoms with E-state index >= 15 is 0 Å². The molecule has 0 atom stereocenters. The van der Waals surface area contributed by atoms with E-state index < -0.39 is 24.0 Å². The van der Waals surface area contributed by atoms with E-state index in [9.17, 15) is 14.7 Å². The van der Waals surface area contributed by atoms with Gasteiger partial charge >= 0.3 is 11.9 Å². The standard InChI is InChI=1S/C18H20O5/c1-4-18(2,3)17(21)22-11-16(20)23-15-8-6-12-9-14(19)7-5-13(12)10-15/h5-10,19H,4,11H2,1-3H3. The lowest BCUT2D eigenvalue weighted by Gasteiger charge is -2.19. The van der Waals surface area contributed by atoms with Crippen molar-refractivity contribution in [2.75, 3.05) is 6.61 Å². The van der Waals surface area contributed by atoms with Gasteiger partial charge in [0.2, 0.25) is 0 Å². The average Bonchev–Trinajstić information content (AvgIpc) is 2.52. The summed E-state index contributed by atoms with van der Waals surface area (Å²) in [6.45, 7) is 4.99. The fraction of sp³-hybridized carbons (Fsp3) is 0.333. The molecular weight excluding hydrogens is 296 g/mol. The predicted molar refractivity (Wildman–Crippen MR) is 86.3 cm³/mol. The minimum absolute atomic E-state index is 0.174. The number of phenolic OH excluding ortho intramolecular Hbond substituents is 1. The smallest absolute Gasteiger partial charge is 0.349 e. The fourth-order valence-electron chi connectivity index (χ4n) is 1.90. The summed E-state index contributed by atoms with van der Waals surface area (Å²) in [5.41, 5.74) is -0.620. The predicted octanol–water partition coefficient (Wildman–Crippen LogP) is 3.43. The van der Waals surface area contributed by atoms with Crippen LogP contribution in [-0.2, 0) is 14.3 Å². The van der Waals surface area contributed by atoms with Crippen LogP contribution in [-0.4, -0.2) is 23.7 Å². The monoisotopic (exact) mass is 316 g/mol. The fourth-order valence-corrected chi connectivity index (χ4v) is 1.90. The molecule has 5 nitrogen and oxygen atoms in total. The summed E-state index contributed by atoms with van der Waals surface area (Å²) in [5.74, 6) is -0.527. The van der Waals surface area contributed by atoms with Crippen LogP contribution in [0.1, 0.15) is 27.2 Å². The number of esters is 2. The summed E-state index contributed by atoms with van der Waals surface area (Å²) in [4.78, 5) is 23.6. The van der Waals surface area contributed by atoms with E-state index in [2.05, 4.69) is 0 Å². The highest BCUT2D eigenvalue weighted by molar-refractivity contribution is 5.86. The molecule has 0 saturated carbocycles. The Labute approximate surface area is 134 Å². The maximum Gasteiger partial charge on any atom is 0.349 e. The Balaban J connectivity index is 1.98. The summed E-state index contributed by atoms with van der Waals surface area (Å²) in [6, 6.07) is 9.95. The number of fused-ring (bicyclic) bond motifs is 1. The van der Waals surface area contributed by atoms with Crippen LogP contribution in [0.15, 0.2) is 36.4 Å². The van der Waals surface area contributed by atoms with Crippen LogP contribution in [0, 0.1) is 5.41 Å². The molecule has 0 aliphatic carbocycles. The lowest BCUT2D eigenvalue weighted by Crippen LogP contribution is -2.29. The Morgan fingerprint density at radius 3 is 2.43 bits per heavy atom. The van der Waals surface area contributed by atoms with Crippen molar-refractivity contribution in [2.45, 2.75) is 27.2 Å². The quantitative estimate of drug-likeness (QED) is 0.676. The van der Waals surface area contributed by atoms with Crippen LogP contribution >= 0.6 is 0 Å². The number of benzene rings is 2. The van der Waals surface area contributed by atoms with Gasteiger partial charge in [-0.15, -0.1) is 0 Å². The molecule has 0 fully saturated rings. The van der Waals surface area contributed by atoms with E-state index in [1.807, 2.05) is 6.92 Å². The van der Waals surface area contributed by atoms with Gasteiger partial charge in [0, 0.05) is 0 Å². The second-order valence-corrected chi connectivity index (χ2v) is 5.98. The van der Waals surface area contributed by atoms with Crippen molar-refractivity contribution >= 4 is 22.7 Å². The van der Waals surface area contributed by atoms with E-state index in [0.29, 0.717) is 12.2 Å². The molecule has 0 aromatic heterocycles. The first-order valence-electron chi connectivity index (χ1n) is 7.42. The minimum Gasteiger partial charge on any atom is -0.508 e. The van der Waals surface area contributed by atoms with Crippen molar-refractivity contribution < 1.29 is 24.2 Å². The number of carbonyl (C=O) groups is 2. The number of hydrogen-bond donors (Lipinski definition) is 1. The number of hydrogen-bond acceptors (Lipinski definition) is 5. The Bertz CT molecular complexity index is 733. The van der Waals surface area contributed by atoms with Crippen LogP contribution in [0.2, 0.25) is 0 Å². The molecule has 0 aliphatic heterocycles. The highest BCUT2D eigenvalue weighted by Crippen LogP contribution is 2.25. The molecule has 2 aromatic carbocycles. The molecule has 0 heterocycles. The van der Waals surface area contributed by atoms with Gasteiger partial charge in [-0.3, -0.25) is 4.79 Å².